The Balaban J connectivity index is 1.43. The average molecular weight is 477 g/mol. The van der Waals surface area contributed by atoms with Crippen molar-refractivity contribution >= 4 is 17.7 Å². The van der Waals surface area contributed by atoms with Gasteiger partial charge in [0, 0.05) is 43.2 Å². The molecule has 4 N–H and O–H groups in total. The average Bonchev–Trinajstić information content (AvgIpc) is 3.47. The first kappa shape index (κ1) is 23.3. The molecule has 2 atom stereocenters. The van der Waals surface area contributed by atoms with Gasteiger partial charge in [0.05, 0.1) is 25.0 Å². The number of nitrogens with zero attached hydrogens (tertiary/aromatic N) is 5. The van der Waals surface area contributed by atoms with Crippen molar-refractivity contribution in [3.63, 3.8) is 0 Å². The summed E-state index contributed by atoms with van der Waals surface area (Å²) in [7, 11) is 3.52. The highest BCUT2D eigenvalue weighted by molar-refractivity contribution is 5.94. The number of nitrogens with one attached hydrogen (secondary N) is 2. The van der Waals surface area contributed by atoms with E-state index >= 15 is 0 Å². The molecule has 0 spiro atoms. The molecule has 3 aromatic rings. The van der Waals surface area contributed by atoms with Crippen molar-refractivity contribution in [1.29, 1.82) is 0 Å². The van der Waals surface area contributed by atoms with Gasteiger partial charge in [0.15, 0.2) is 5.82 Å². The third-order valence-corrected chi connectivity index (χ3v) is 6.80. The Kier molecular flexibility index (Phi) is 5.94. The highest BCUT2D eigenvalue weighted by atomic mass is 16.5. The molecule has 2 aromatic heterocycles. The zero-order chi connectivity index (χ0) is 24.6. The molecule has 0 saturated carbocycles. The Labute approximate surface area is 205 Å². The second-order valence-corrected chi connectivity index (χ2v) is 9.70. The number of rotatable bonds is 7. The topological polar surface area (TPSA) is 125 Å². The van der Waals surface area contributed by atoms with E-state index in [0.717, 1.165) is 66.8 Å². The smallest absolute Gasteiger partial charge is 0.212 e. The molecule has 1 fully saturated rings. The predicted molar refractivity (Wildman–Crippen MR) is 136 cm³/mol. The molecule has 1 saturated heterocycles. The summed E-state index contributed by atoms with van der Waals surface area (Å²) in [6, 6.07) is 7.75. The van der Waals surface area contributed by atoms with Crippen molar-refractivity contribution in [3.05, 3.63) is 47.4 Å². The summed E-state index contributed by atoms with van der Waals surface area (Å²) in [6.45, 7) is 6.67. The third-order valence-electron chi connectivity index (χ3n) is 6.80. The lowest BCUT2D eigenvalue weighted by atomic mass is 9.86. The molecule has 2 aliphatic rings. The molecule has 10 nitrogen and oxygen atoms in total. The number of hydrogen-bond donors (Lipinski definition) is 3. The van der Waals surface area contributed by atoms with Crippen molar-refractivity contribution < 1.29 is 9.47 Å². The number of fused-ring (bicyclic) bond motifs is 1. The van der Waals surface area contributed by atoms with E-state index in [4.69, 9.17) is 20.2 Å². The summed E-state index contributed by atoms with van der Waals surface area (Å²) < 4.78 is 13.2. The first-order chi connectivity index (χ1) is 16.8. The van der Waals surface area contributed by atoms with Crippen LogP contribution in [0.2, 0.25) is 0 Å². The molecule has 5 rings (SSSR count). The number of pyridine rings is 1. The molecule has 0 aliphatic carbocycles. The number of ether oxygens (including phenoxy) is 2. The number of benzene rings is 1. The van der Waals surface area contributed by atoms with Crippen LogP contribution in [0.1, 0.15) is 36.6 Å². The highest BCUT2D eigenvalue weighted by Crippen LogP contribution is 2.39. The van der Waals surface area contributed by atoms with Gasteiger partial charge in [-0.05, 0) is 43.4 Å². The molecule has 2 aliphatic heterocycles. The minimum atomic E-state index is -1.23. The van der Waals surface area contributed by atoms with E-state index in [2.05, 4.69) is 32.7 Å². The minimum absolute atomic E-state index is 0.196. The first-order valence-corrected chi connectivity index (χ1v) is 11.8. The second kappa shape index (κ2) is 8.94. The number of nitrogens with two attached hydrogens (primary N) is 1. The van der Waals surface area contributed by atoms with E-state index in [1.165, 1.54) is 0 Å². The molecular formula is C25H32N8O2. The lowest BCUT2D eigenvalue weighted by Crippen LogP contribution is -2.45. The molecule has 1 aromatic carbocycles. The standard InChI is InChI=1S/C25H32N8O2/c1-16-11-18-13-28-25(26,19-6-5-17(12-20(19)34-4)23-32-29-15-33(23)3)31-21(18)22(30-16)27-9-7-24(2)8-10-35-14-24/h5-6,11-13,15,31H,7-10,14,26H2,1-4H3,(H,27,30). The third kappa shape index (κ3) is 4.46. The normalized spacial score (nSPS) is 23.1. The van der Waals surface area contributed by atoms with Gasteiger partial charge >= 0.3 is 0 Å². The van der Waals surface area contributed by atoms with Gasteiger partial charge in [-0.3, -0.25) is 5.73 Å². The van der Waals surface area contributed by atoms with Gasteiger partial charge in [-0.2, -0.15) is 0 Å². The van der Waals surface area contributed by atoms with Crippen molar-refractivity contribution in [1.82, 2.24) is 19.7 Å². The van der Waals surface area contributed by atoms with E-state index in [0.29, 0.717) is 11.3 Å². The van der Waals surface area contributed by atoms with Crippen LogP contribution in [0.4, 0.5) is 11.5 Å². The zero-order valence-electron chi connectivity index (χ0n) is 20.6. The first-order valence-electron chi connectivity index (χ1n) is 11.8. The fraction of sp³-hybridized carbons (Fsp3) is 0.440. The predicted octanol–water partition coefficient (Wildman–Crippen LogP) is 3.04. The molecule has 2 unspecified atom stereocenters. The van der Waals surface area contributed by atoms with E-state index in [1.807, 2.05) is 42.8 Å². The van der Waals surface area contributed by atoms with Crippen LogP contribution in [0.3, 0.4) is 0 Å². The van der Waals surface area contributed by atoms with Gasteiger partial charge in [-0.15, -0.1) is 10.2 Å². The summed E-state index contributed by atoms with van der Waals surface area (Å²) in [6.07, 6.45) is 5.53. The Morgan fingerprint density at radius 2 is 2.17 bits per heavy atom. The van der Waals surface area contributed by atoms with E-state index in [1.54, 1.807) is 19.7 Å². The monoisotopic (exact) mass is 476 g/mol. The van der Waals surface area contributed by atoms with Crippen LogP contribution in [0.25, 0.3) is 11.4 Å². The van der Waals surface area contributed by atoms with Crippen molar-refractivity contribution in [3.8, 4) is 17.1 Å². The Hall–Kier alpha value is -3.50. The number of aryl methyl sites for hydroxylation is 2. The number of aromatic nitrogens is 4. The molecule has 35 heavy (non-hydrogen) atoms. The molecule has 4 heterocycles. The second-order valence-electron chi connectivity index (χ2n) is 9.70. The highest BCUT2D eigenvalue weighted by Gasteiger charge is 2.35. The number of hydrogen-bond acceptors (Lipinski definition) is 9. The van der Waals surface area contributed by atoms with Gasteiger partial charge in [0.2, 0.25) is 5.79 Å². The van der Waals surface area contributed by atoms with Crippen LogP contribution in [0.5, 0.6) is 5.75 Å². The fourth-order valence-electron chi connectivity index (χ4n) is 4.67. The summed E-state index contributed by atoms with van der Waals surface area (Å²) in [5.74, 6) is 0.872. The summed E-state index contributed by atoms with van der Waals surface area (Å²) in [5, 5.41) is 15.1. The van der Waals surface area contributed by atoms with Crippen molar-refractivity contribution in [2.45, 2.75) is 32.5 Å². The van der Waals surface area contributed by atoms with Gasteiger partial charge in [-0.25, -0.2) is 9.98 Å². The lowest BCUT2D eigenvalue weighted by molar-refractivity contribution is 0.157. The Morgan fingerprint density at radius 3 is 2.89 bits per heavy atom. The maximum atomic E-state index is 6.83. The Bertz CT molecular complexity index is 1260. The zero-order valence-corrected chi connectivity index (χ0v) is 20.6. The minimum Gasteiger partial charge on any atom is -0.496 e. The molecule has 0 bridgehead atoms. The van der Waals surface area contributed by atoms with Crippen molar-refractivity contribution in [2.24, 2.45) is 23.2 Å². The molecule has 0 amide bonds. The van der Waals surface area contributed by atoms with Crippen LogP contribution >= 0.6 is 0 Å². The van der Waals surface area contributed by atoms with E-state index in [-0.39, 0.29) is 5.41 Å². The number of aliphatic imine (C=N–C) groups is 1. The van der Waals surface area contributed by atoms with Crippen molar-refractivity contribution in [2.75, 3.05) is 37.5 Å². The van der Waals surface area contributed by atoms with Crippen LogP contribution in [0.15, 0.2) is 35.6 Å². The SMILES string of the molecule is COc1cc(-c2nncn2C)ccc1C1(N)N=Cc2cc(C)nc(NCCC3(C)CCOC3)c2N1. The maximum absolute atomic E-state index is 6.83. The number of methoxy groups -OCH3 is 1. The number of anilines is 2. The van der Waals surface area contributed by atoms with Gasteiger partial charge < -0.3 is 24.7 Å². The molecular weight excluding hydrogens is 444 g/mol. The maximum Gasteiger partial charge on any atom is 0.212 e. The summed E-state index contributed by atoms with van der Waals surface area (Å²) >= 11 is 0. The van der Waals surface area contributed by atoms with Crippen LogP contribution < -0.4 is 21.1 Å². The largest absolute Gasteiger partial charge is 0.496 e. The van der Waals surface area contributed by atoms with Gasteiger partial charge in [0.1, 0.15) is 17.9 Å². The van der Waals surface area contributed by atoms with E-state index in [9.17, 15) is 0 Å². The van der Waals surface area contributed by atoms with Crippen LogP contribution in [-0.2, 0) is 17.6 Å². The molecule has 0 radical (unpaired) electrons. The molecule has 10 heteroatoms. The summed E-state index contributed by atoms with van der Waals surface area (Å²) in [4.78, 5) is 9.45. The van der Waals surface area contributed by atoms with E-state index < -0.39 is 5.79 Å². The fourth-order valence-corrected chi connectivity index (χ4v) is 4.67. The summed E-state index contributed by atoms with van der Waals surface area (Å²) in [5.41, 5.74) is 11.3. The Morgan fingerprint density at radius 1 is 1.31 bits per heavy atom. The van der Waals surface area contributed by atoms with Crippen LogP contribution in [-0.4, -0.2) is 52.8 Å². The lowest BCUT2D eigenvalue weighted by Gasteiger charge is -2.34. The van der Waals surface area contributed by atoms with Gasteiger partial charge in [-0.1, -0.05) is 13.0 Å². The quantitative estimate of drug-likeness (QED) is 0.475. The molecule has 184 valence electrons. The van der Waals surface area contributed by atoms with Gasteiger partial charge in [0.25, 0.3) is 0 Å². The van der Waals surface area contributed by atoms with Crippen LogP contribution in [0, 0.1) is 12.3 Å².